The molecule has 166 valence electrons. The zero-order valence-corrected chi connectivity index (χ0v) is 18.2. The first-order valence-corrected chi connectivity index (χ1v) is 10.6. The molecule has 0 aliphatic carbocycles. The highest BCUT2D eigenvalue weighted by molar-refractivity contribution is 6.51. The van der Waals surface area contributed by atoms with E-state index in [1.807, 2.05) is 32.0 Å². The minimum Gasteiger partial charge on any atom is -0.507 e. The number of Topliss-reactive ketones (excluding diaryl/α,β-unsaturated/α-hetero) is 1. The molecule has 1 saturated heterocycles. The van der Waals surface area contributed by atoms with Crippen molar-refractivity contribution in [1.29, 1.82) is 0 Å². The van der Waals surface area contributed by atoms with Gasteiger partial charge in [-0.1, -0.05) is 23.8 Å². The van der Waals surface area contributed by atoms with Crippen LogP contribution in [-0.4, -0.2) is 35.0 Å². The van der Waals surface area contributed by atoms with Crippen LogP contribution in [0.25, 0.3) is 5.76 Å². The van der Waals surface area contributed by atoms with E-state index in [4.69, 9.17) is 9.47 Å². The number of benzene rings is 2. The molecule has 3 heterocycles. The highest BCUT2D eigenvalue weighted by Crippen LogP contribution is 2.43. The second-order valence-corrected chi connectivity index (χ2v) is 8.07. The summed E-state index contributed by atoms with van der Waals surface area (Å²) in [6.07, 6.45) is 1.60. The Morgan fingerprint density at radius 3 is 2.52 bits per heavy atom. The molecule has 1 aromatic heterocycles. The first kappa shape index (κ1) is 20.8. The van der Waals surface area contributed by atoms with Crippen molar-refractivity contribution in [3.05, 3.63) is 88.8 Å². The van der Waals surface area contributed by atoms with Crippen LogP contribution in [0.5, 0.6) is 11.5 Å². The Balaban J connectivity index is 1.70. The Kier molecular flexibility index (Phi) is 5.09. The molecule has 0 saturated carbocycles. The fourth-order valence-corrected chi connectivity index (χ4v) is 4.32. The molecule has 0 bridgehead atoms. The summed E-state index contributed by atoms with van der Waals surface area (Å²) in [6, 6.07) is 15.0. The van der Waals surface area contributed by atoms with Crippen LogP contribution >= 0.6 is 0 Å². The van der Waals surface area contributed by atoms with Crippen molar-refractivity contribution in [2.24, 2.45) is 0 Å². The van der Waals surface area contributed by atoms with Gasteiger partial charge in [0.15, 0.2) is 11.5 Å². The van der Waals surface area contributed by atoms with Gasteiger partial charge in [-0.3, -0.25) is 19.5 Å². The largest absolute Gasteiger partial charge is 0.507 e. The number of hydrogen-bond acceptors (Lipinski definition) is 6. The molecular formula is C26H22N2O5. The van der Waals surface area contributed by atoms with Crippen LogP contribution in [0.15, 0.2) is 66.4 Å². The maximum absolute atomic E-state index is 13.3. The molecule has 1 unspecified atom stereocenters. The number of aryl methyl sites for hydroxylation is 2. The monoisotopic (exact) mass is 442 g/mol. The molecule has 2 aliphatic rings. The van der Waals surface area contributed by atoms with Crippen LogP contribution in [-0.2, 0) is 9.59 Å². The molecule has 1 N–H and O–H groups in total. The standard InChI is InChI=1S/C26H22N2O5/c1-15-6-8-19(16(2)13-15)28-23(18-5-3-4-10-27-18)22(25(30)26(28)31)24(29)17-7-9-20-21(14-17)33-12-11-32-20/h3-10,13-14,23,29H,11-12H2,1-2H3/b24-22-. The summed E-state index contributed by atoms with van der Waals surface area (Å²) in [5.74, 6) is -0.721. The molecule has 5 rings (SSSR count). The lowest BCUT2D eigenvalue weighted by Crippen LogP contribution is -2.30. The fraction of sp³-hybridized carbons (Fsp3) is 0.192. The predicted molar refractivity (Wildman–Crippen MR) is 122 cm³/mol. The zero-order valence-electron chi connectivity index (χ0n) is 18.2. The van der Waals surface area contributed by atoms with Crippen LogP contribution in [0.3, 0.4) is 0 Å². The van der Waals surface area contributed by atoms with E-state index in [9.17, 15) is 14.7 Å². The van der Waals surface area contributed by atoms with Crippen molar-refractivity contribution in [1.82, 2.24) is 4.98 Å². The van der Waals surface area contributed by atoms with E-state index in [0.29, 0.717) is 41.7 Å². The highest BCUT2D eigenvalue weighted by atomic mass is 16.6. The molecule has 0 spiro atoms. The Morgan fingerprint density at radius 1 is 1.00 bits per heavy atom. The number of aromatic nitrogens is 1. The van der Waals surface area contributed by atoms with Gasteiger partial charge in [-0.2, -0.15) is 0 Å². The maximum atomic E-state index is 13.3. The molecular weight excluding hydrogens is 420 g/mol. The second kappa shape index (κ2) is 8.09. The number of hydrogen-bond donors (Lipinski definition) is 1. The molecule has 1 atom stereocenters. The van der Waals surface area contributed by atoms with Gasteiger partial charge in [0.1, 0.15) is 25.0 Å². The third-order valence-electron chi connectivity index (χ3n) is 5.84. The molecule has 1 fully saturated rings. The maximum Gasteiger partial charge on any atom is 0.300 e. The number of fused-ring (bicyclic) bond motifs is 1. The van der Waals surface area contributed by atoms with E-state index in [1.165, 1.54) is 4.90 Å². The van der Waals surface area contributed by atoms with Crippen LogP contribution in [0, 0.1) is 13.8 Å². The lowest BCUT2D eigenvalue weighted by Gasteiger charge is -2.26. The van der Waals surface area contributed by atoms with Gasteiger partial charge >= 0.3 is 0 Å². The molecule has 0 radical (unpaired) electrons. The smallest absolute Gasteiger partial charge is 0.300 e. The van der Waals surface area contributed by atoms with E-state index in [-0.39, 0.29) is 11.3 Å². The van der Waals surface area contributed by atoms with Crippen LogP contribution in [0.1, 0.15) is 28.4 Å². The van der Waals surface area contributed by atoms with Crippen molar-refractivity contribution < 1.29 is 24.2 Å². The Hall–Kier alpha value is -4.13. The molecule has 7 heteroatoms. The molecule has 7 nitrogen and oxygen atoms in total. The molecule has 33 heavy (non-hydrogen) atoms. The third-order valence-corrected chi connectivity index (χ3v) is 5.84. The lowest BCUT2D eigenvalue weighted by molar-refractivity contribution is -0.132. The topological polar surface area (TPSA) is 89.0 Å². The number of rotatable bonds is 3. The van der Waals surface area contributed by atoms with Crippen molar-refractivity contribution in [3.8, 4) is 11.5 Å². The minimum atomic E-state index is -0.874. The van der Waals surface area contributed by atoms with Crippen LogP contribution < -0.4 is 14.4 Å². The SMILES string of the molecule is Cc1ccc(N2C(=O)C(=O)/C(=C(\O)c3ccc4c(c3)OCCO4)C2c2ccccn2)c(C)c1. The number of carbonyl (C=O) groups excluding carboxylic acids is 2. The third kappa shape index (κ3) is 3.51. The van der Waals surface area contributed by atoms with Crippen molar-refractivity contribution in [2.75, 3.05) is 18.1 Å². The Labute approximate surface area is 190 Å². The summed E-state index contributed by atoms with van der Waals surface area (Å²) in [6.45, 7) is 4.68. The molecule has 2 aliphatic heterocycles. The number of aliphatic hydroxyl groups is 1. The van der Waals surface area contributed by atoms with E-state index in [0.717, 1.165) is 11.1 Å². The van der Waals surface area contributed by atoms with Gasteiger partial charge in [0.25, 0.3) is 11.7 Å². The first-order chi connectivity index (χ1) is 16.0. The lowest BCUT2D eigenvalue weighted by atomic mass is 9.97. The minimum absolute atomic E-state index is 0.0182. The van der Waals surface area contributed by atoms with E-state index in [1.54, 1.807) is 42.6 Å². The summed E-state index contributed by atoms with van der Waals surface area (Å²) in [7, 11) is 0. The van der Waals surface area contributed by atoms with Gasteiger partial charge in [0.2, 0.25) is 0 Å². The molecule has 3 aromatic rings. The summed E-state index contributed by atoms with van der Waals surface area (Å²) >= 11 is 0. The quantitative estimate of drug-likeness (QED) is 0.373. The zero-order chi connectivity index (χ0) is 23.1. The van der Waals surface area contributed by atoms with Crippen molar-refractivity contribution >= 4 is 23.1 Å². The molecule has 1 amide bonds. The fourth-order valence-electron chi connectivity index (χ4n) is 4.32. The van der Waals surface area contributed by atoms with E-state index in [2.05, 4.69) is 4.98 Å². The highest BCUT2D eigenvalue weighted by Gasteiger charge is 2.48. The van der Waals surface area contributed by atoms with E-state index < -0.39 is 17.7 Å². The number of aliphatic hydroxyl groups excluding tert-OH is 1. The Bertz CT molecular complexity index is 1300. The van der Waals surface area contributed by atoms with Gasteiger partial charge in [-0.25, -0.2) is 0 Å². The number of amides is 1. The number of carbonyl (C=O) groups is 2. The number of ether oxygens (including phenoxy) is 2. The van der Waals surface area contributed by atoms with E-state index >= 15 is 0 Å². The summed E-state index contributed by atoms with van der Waals surface area (Å²) < 4.78 is 11.2. The average molecular weight is 442 g/mol. The summed E-state index contributed by atoms with van der Waals surface area (Å²) in [5.41, 5.74) is 3.31. The van der Waals surface area contributed by atoms with Crippen LogP contribution in [0.4, 0.5) is 5.69 Å². The number of ketones is 1. The number of nitrogens with zero attached hydrogens (tertiary/aromatic N) is 2. The summed E-state index contributed by atoms with van der Waals surface area (Å²) in [4.78, 5) is 32.4. The summed E-state index contributed by atoms with van der Waals surface area (Å²) in [5, 5.41) is 11.3. The molecule has 2 aromatic carbocycles. The van der Waals surface area contributed by atoms with Gasteiger partial charge in [-0.15, -0.1) is 0 Å². The van der Waals surface area contributed by atoms with Gasteiger partial charge in [-0.05, 0) is 55.8 Å². The average Bonchev–Trinajstić information content (AvgIpc) is 3.09. The van der Waals surface area contributed by atoms with Crippen molar-refractivity contribution in [2.45, 2.75) is 19.9 Å². The second-order valence-electron chi connectivity index (χ2n) is 8.07. The van der Waals surface area contributed by atoms with Crippen molar-refractivity contribution in [3.63, 3.8) is 0 Å². The van der Waals surface area contributed by atoms with Crippen LogP contribution in [0.2, 0.25) is 0 Å². The van der Waals surface area contributed by atoms with Gasteiger partial charge in [0, 0.05) is 17.4 Å². The number of anilines is 1. The Morgan fingerprint density at radius 2 is 1.79 bits per heavy atom. The number of pyridine rings is 1. The first-order valence-electron chi connectivity index (χ1n) is 10.6. The normalized spacial score (nSPS) is 19.1. The van der Waals surface area contributed by atoms with Gasteiger partial charge < -0.3 is 14.6 Å². The van der Waals surface area contributed by atoms with Gasteiger partial charge in [0.05, 0.1) is 11.3 Å². The predicted octanol–water partition coefficient (Wildman–Crippen LogP) is 4.10.